The lowest BCUT2D eigenvalue weighted by Gasteiger charge is -2.39. The zero-order valence-electron chi connectivity index (χ0n) is 15.5. The van der Waals surface area contributed by atoms with Gasteiger partial charge in [-0.3, -0.25) is 4.79 Å². The van der Waals surface area contributed by atoms with Crippen LogP contribution in [0.5, 0.6) is 0 Å². The van der Waals surface area contributed by atoms with Crippen LogP contribution >= 0.6 is 0 Å². The minimum Gasteiger partial charge on any atom is -0.338 e. The molecule has 26 heavy (non-hydrogen) atoms. The van der Waals surface area contributed by atoms with Crippen molar-refractivity contribution in [2.75, 3.05) is 25.0 Å². The summed E-state index contributed by atoms with van der Waals surface area (Å²) in [6, 6.07) is 9.68. The summed E-state index contributed by atoms with van der Waals surface area (Å²) in [5, 5.41) is 9.18. The average Bonchev–Trinajstić information content (AvgIpc) is 2.67. The Morgan fingerprint density at radius 3 is 2.77 bits per heavy atom. The lowest BCUT2D eigenvalue weighted by molar-refractivity contribution is -0.140. The van der Waals surface area contributed by atoms with Crippen LogP contribution in [0, 0.1) is 5.92 Å². The van der Waals surface area contributed by atoms with Gasteiger partial charge in [-0.1, -0.05) is 18.2 Å². The van der Waals surface area contributed by atoms with Crippen LogP contribution < -0.4 is 16.0 Å². The first-order valence-corrected chi connectivity index (χ1v) is 9.77. The Labute approximate surface area is 155 Å². The maximum atomic E-state index is 13.0. The fourth-order valence-electron chi connectivity index (χ4n) is 4.00. The van der Waals surface area contributed by atoms with Crippen LogP contribution in [0.15, 0.2) is 30.3 Å². The number of para-hydroxylation sites is 1. The van der Waals surface area contributed by atoms with Crippen molar-refractivity contribution in [1.82, 2.24) is 15.5 Å². The van der Waals surface area contributed by atoms with E-state index in [2.05, 4.69) is 22.9 Å². The Hall–Kier alpha value is -2.08. The van der Waals surface area contributed by atoms with Crippen molar-refractivity contribution in [2.24, 2.45) is 5.92 Å². The van der Waals surface area contributed by atoms with E-state index in [0.29, 0.717) is 12.6 Å². The Balaban J connectivity index is 1.53. The lowest BCUT2D eigenvalue weighted by atomic mass is 9.90. The summed E-state index contributed by atoms with van der Waals surface area (Å²) in [5.41, 5.74) is 0.769. The fraction of sp³-hybridized carbons (Fsp3) is 0.600. The van der Waals surface area contributed by atoms with Crippen LogP contribution in [-0.4, -0.2) is 48.6 Å². The molecule has 3 rings (SSSR count). The summed E-state index contributed by atoms with van der Waals surface area (Å²) < 4.78 is 0. The van der Waals surface area contributed by atoms with E-state index in [9.17, 15) is 9.59 Å². The number of hydrogen-bond donors (Lipinski definition) is 3. The molecule has 3 amide bonds. The lowest BCUT2D eigenvalue weighted by Crippen LogP contribution is -2.53. The van der Waals surface area contributed by atoms with Crippen LogP contribution in [0.3, 0.4) is 0 Å². The Morgan fingerprint density at radius 1 is 1.19 bits per heavy atom. The summed E-state index contributed by atoms with van der Waals surface area (Å²) in [7, 11) is 0. The molecule has 2 fully saturated rings. The molecule has 1 aromatic rings. The molecule has 142 valence electrons. The number of nitrogens with zero attached hydrogens (tertiary/aromatic N) is 1. The number of carbonyl (C=O) groups is 2. The standard InChI is InChI=1S/C20H30N4O2/c1-15-13-16(10-11-21-15)19(25)24-12-6-5-9-18(24)14-22-20(26)23-17-7-3-2-4-8-17/h2-4,7-8,15-16,18,21H,5-6,9-14H2,1H3,(H2,22,23,26)/t15-,16-,18?/m0/s1. The van der Waals surface area contributed by atoms with Crippen molar-refractivity contribution in [1.29, 1.82) is 0 Å². The second-order valence-electron chi connectivity index (χ2n) is 7.46. The molecule has 0 spiro atoms. The predicted octanol–water partition coefficient (Wildman–Crippen LogP) is 2.58. The number of nitrogens with one attached hydrogen (secondary N) is 3. The predicted molar refractivity (Wildman–Crippen MR) is 103 cm³/mol. The molecule has 6 heteroatoms. The van der Waals surface area contributed by atoms with Gasteiger partial charge in [0.05, 0.1) is 0 Å². The number of urea groups is 1. The summed E-state index contributed by atoms with van der Waals surface area (Å²) >= 11 is 0. The van der Waals surface area contributed by atoms with E-state index in [4.69, 9.17) is 0 Å². The van der Waals surface area contributed by atoms with Gasteiger partial charge in [0.25, 0.3) is 0 Å². The minimum absolute atomic E-state index is 0.1000. The zero-order chi connectivity index (χ0) is 18.4. The highest BCUT2D eigenvalue weighted by Crippen LogP contribution is 2.24. The van der Waals surface area contributed by atoms with Crippen LogP contribution in [0.2, 0.25) is 0 Å². The van der Waals surface area contributed by atoms with Crippen molar-refractivity contribution < 1.29 is 9.59 Å². The molecule has 0 radical (unpaired) electrons. The molecule has 1 aromatic carbocycles. The van der Waals surface area contributed by atoms with Crippen LogP contribution in [0.4, 0.5) is 10.5 Å². The topological polar surface area (TPSA) is 73.5 Å². The fourth-order valence-corrected chi connectivity index (χ4v) is 4.00. The first-order chi connectivity index (χ1) is 12.6. The second-order valence-corrected chi connectivity index (χ2v) is 7.46. The van der Waals surface area contributed by atoms with E-state index in [1.165, 1.54) is 0 Å². The quantitative estimate of drug-likeness (QED) is 0.774. The van der Waals surface area contributed by atoms with Gasteiger partial charge in [0.15, 0.2) is 0 Å². The van der Waals surface area contributed by atoms with Gasteiger partial charge in [0.1, 0.15) is 0 Å². The molecule has 1 unspecified atom stereocenters. The van der Waals surface area contributed by atoms with Crippen molar-refractivity contribution in [3.63, 3.8) is 0 Å². The highest BCUT2D eigenvalue weighted by Gasteiger charge is 2.33. The molecule has 2 heterocycles. The Kier molecular flexibility index (Phi) is 6.50. The first kappa shape index (κ1) is 18.7. The number of rotatable bonds is 4. The molecule has 2 aliphatic rings. The molecular weight excluding hydrogens is 328 g/mol. The zero-order valence-corrected chi connectivity index (χ0v) is 15.5. The van der Waals surface area contributed by atoms with Gasteiger partial charge in [0.2, 0.25) is 5.91 Å². The highest BCUT2D eigenvalue weighted by atomic mass is 16.2. The molecule has 2 aliphatic heterocycles. The van der Waals surface area contributed by atoms with Gasteiger partial charge in [0, 0.05) is 36.8 Å². The van der Waals surface area contributed by atoms with Gasteiger partial charge in [-0.05, 0) is 57.7 Å². The molecule has 6 nitrogen and oxygen atoms in total. The van der Waals surface area contributed by atoms with Gasteiger partial charge in [-0.25, -0.2) is 4.79 Å². The normalized spacial score (nSPS) is 26.2. The van der Waals surface area contributed by atoms with Crippen molar-refractivity contribution in [3.05, 3.63) is 30.3 Å². The Bertz CT molecular complexity index is 607. The first-order valence-electron chi connectivity index (χ1n) is 9.77. The molecule has 0 aliphatic carbocycles. The largest absolute Gasteiger partial charge is 0.338 e. The maximum absolute atomic E-state index is 13.0. The molecule has 3 atom stereocenters. The van der Waals surface area contributed by atoms with E-state index in [1.807, 2.05) is 35.2 Å². The van der Waals surface area contributed by atoms with E-state index in [-0.39, 0.29) is 23.9 Å². The summed E-state index contributed by atoms with van der Waals surface area (Å²) in [6.45, 7) is 4.37. The number of anilines is 1. The van der Waals surface area contributed by atoms with Crippen molar-refractivity contribution in [2.45, 2.75) is 51.1 Å². The van der Waals surface area contributed by atoms with E-state index in [1.54, 1.807) is 0 Å². The smallest absolute Gasteiger partial charge is 0.319 e. The number of piperidine rings is 2. The van der Waals surface area contributed by atoms with Gasteiger partial charge in [-0.15, -0.1) is 0 Å². The van der Waals surface area contributed by atoms with Crippen molar-refractivity contribution in [3.8, 4) is 0 Å². The average molecular weight is 358 g/mol. The number of benzene rings is 1. The second kappa shape index (κ2) is 9.03. The Morgan fingerprint density at radius 2 is 2.00 bits per heavy atom. The summed E-state index contributed by atoms with van der Waals surface area (Å²) in [4.78, 5) is 27.2. The SMILES string of the molecule is C[C@H]1C[C@@H](C(=O)N2CCCCC2CNC(=O)Nc2ccccc2)CCN1. The van der Waals surface area contributed by atoms with E-state index < -0.39 is 0 Å². The monoisotopic (exact) mass is 358 g/mol. The van der Waals surface area contributed by atoms with Crippen LogP contribution in [0.25, 0.3) is 0 Å². The molecule has 2 saturated heterocycles. The molecule has 0 saturated carbocycles. The summed E-state index contributed by atoms with van der Waals surface area (Å²) in [5.74, 6) is 0.387. The molecule has 3 N–H and O–H groups in total. The molecular formula is C20H30N4O2. The molecule has 0 aromatic heterocycles. The number of amides is 3. The molecule has 0 bridgehead atoms. The maximum Gasteiger partial charge on any atom is 0.319 e. The van der Waals surface area contributed by atoms with Crippen LogP contribution in [0.1, 0.15) is 39.0 Å². The number of likely N-dealkylation sites (tertiary alicyclic amines) is 1. The minimum atomic E-state index is -0.218. The third-order valence-corrected chi connectivity index (χ3v) is 5.41. The number of hydrogen-bond acceptors (Lipinski definition) is 3. The van der Waals surface area contributed by atoms with E-state index in [0.717, 1.165) is 50.9 Å². The van der Waals surface area contributed by atoms with E-state index >= 15 is 0 Å². The highest BCUT2D eigenvalue weighted by molar-refractivity contribution is 5.89. The third kappa shape index (κ3) is 4.97. The van der Waals surface area contributed by atoms with Gasteiger partial charge in [-0.2, -0.15) is 0 Å². The number of carbonyl (C=O) groups excluding carboxylic acids is 2. The third-order valence-electron chi connectivity index (χ3n) is 5.41. The van der Waals surface area contributed by atoms with Gasteiger partial charge >= 0.3 is 6.03 Å². The van der Waals surface area contributed by atoms with Crippen LogP contribution in [-0.2, 0) is 4.79 Å². The van der Waals surface area contributed by atoms with Gasteiger partial charge < -0.3 is 20.9 Å². The summed E-state index contributed by atoms with van der Waals surface area (Å²) in [6.07, 6.45) is 4.94. The van der Waals surface area contributed by atoms with Crippen molar-refractivity contribution >= 4 is 17.6 Å².